The fourth-order valence-electron chi connectivity index (χ4n) is 2.50. The number of aliphatic hydroxyl groups is 1. The minimum absolute atomic E-state index is 0. The standard InChI is InChI=1S/C19H34N4O.HI/c1-3-5-6-7-8-9-10-13-22-19(21-4-2)23-16-18(24)17-11-14-20-15-12-17;/h11-12,14-15,18,24H,3-10,13,16H2,1-2H3,(H2,21,22,23);1H. The summed E-state index contributed by atoms with van der Waals surface area (Å²) in [7, 11) is 0. The monoisotopic (exact) mass is 462 g/mol. The minimum Gasteiger partial charge on any atom is -0.386 e. The molecule has 0 aromatic carbocycles. The van der Waals surface area contributed by atoms with Crippen LogP contribution >= 0.6 is 24.0 Å². The lowest BCUT2D eigenvalue weighted by atomic mass is 10.1. The zero-order valence-corrected chi connectivity index (χ0v) is 18.0. The summed E-state index contributed by atoms with van der Waals surface area (Å²) in [4.78, 5) is 8.43. The highest BCUT2D eigenvalue weighted by molar-refractivity contribution is 14.0. The van der Waals surface area contributed by atoms with Crippen molar-refractivity contribution in [2.24, 2.45) is 4.99 Å². The predicted octanol–water partition coefficient (Wildman–Crippen LogP) is 4.04. The van der Waals surface area contributed by atoms with Gasteiger partial charge < -0.3 is 15.7 Å². The van der Waals surface area contributed by atoms with Crippen LogP contribution in [-0.2, 0) is 0 Å². The molecule has 0 bridgehead atoms. The van der Waals surface area contributed by atoms with Gasteiger partial charge in [0.15, 0.2) is 5.96 Å². The topological polar surface area (TPSA) is 69.5 Å². The van der Waals surface area contributed by atoms with Gasteiger partial charge in [0, 0.05) is 25.5 Å². The summed E-state index contributed by atoms with van der Waals surface area (Å²) in [5.74, 6) is 0.775. The van der Waals surface area contributed by atoms with Crippen molar-refractivity contribution < 1.29 is 5.11 Å². The van der Waals surface area contributed by atoms with Crippen molar-refractivity contribution in [3.63, 3.8) is 0 Å². The molecule has 0 aliphatic carbocycles. The van der Waals surface area contributed by atoms with E-state index in [4.69, 9.17) is 0 Å². The third kappa shape index (κ3) is 12.2. The zero-order chi connectivity index (χ0) is 17.5. The fourth-order valence-corrected chi connectivity index (χ4v) is 2.50. The summed E-state index contributed by atoms with van der Waals surface area (Å²) in [6.45, 7) is 6.37. The van der Waals surface area contributed by atoms with E-state index in [0.29, 0.717) is 6.54 Å². The van der Waals surface area contributed by atoms with E-state index < -0.39 is 6.10 Å². The molecule has 0 aliphatic rings. The smallest absolute Gasteiger partial charge is 0.191 e. The van der Waals surface area contributed by atoms with Crippen LogP contribution in [0, 0.1) is 0 Å². The van der Waals surface area contributed by atoms with Crippen LogP contribution in [0.3, 0.4) is 0 Å². The molecule has 0 spiro atoms. The molecule has 1 unspecified atom stereocenters. The number of nitrogens with zero attached hydrogens (tertiary/aromatic N) is 2. The molecule has 0 saturated carbocycles. The number of rotatable bonds is 12. The van der Waals surface area contributed by atoms with Crippen molar-refractivity contribution in [2.45, 2.75) is 64.9 Å². The summed E-state index contributed by atoms with van der Waals surface area (Å²) in [5, 5.41) is 16.7. The number of nitrogens with one attached hydrogen (secondary N) is 2. The van der Waals surface area contributed by atoms with E-state index in [9.17, 15) is 5.11 Å². The van der Waals surface area contributed by atoms with E-state index >= 15 is 0 Å². The number of aliphatic hydroxyl groups excluding tert-OH is 1. The van der Waals surface area contributed by atoms with Crippen molar-refractivity contribution in [3.8, 4) is 0 Å². The van der Waals surface area contributed by atoms with E-state index in [2.05, 4.69) is 27.5 Å². The molecule has 144 valence electrons. The van der Waals surface area contributed by atoms with Gasteiger partial charge in [0.05, 0.1) is 12.6 Å². The lowest BCUT2D eigenvalue weighted by Gasteiger charge is -2.13. The van der Waals surface area contributed by atoms with Crippen LogP contribution in [0.1, 0.15) is 70.5 Å². The Hall–Kier alpha value is -0.890. The number of pyridine rings is 1. The summed E-state index contributed by atoms with van der Waals surface area (Å²) in [6.07, 6.45) is 11.9. The second-order valence-electron chi connectivity index (χ2n) is 6.06. The highest BCUT2D eigenvalue weighted by Gasteiger charge is 2.06. The Morgan fingerprint density at radius 2 is 1.68 bits per heavy atom. The van der Waals surface area contributed by atoms with Crippen LogP contribution in [-0.4, -0.2) is 35.7 Å². The Morgan fingerprint density at radius 3 is 2.32 bits per heavy atom. The SMILES string of the molecule is CCCCCCCCCNC(=NCC(O)c1ccncc1)NCC.I. The summed E-state index contributed by atoms with van der Waals surface area (Å²) in [5.41, 5.74) is 0.844. The first-order valence-corrected chi connectivity index (χ1v) is 9.38. The Balaban J connectivity index is 0.00000576. The molecule has 5 nitrogen and oxygen atoms in total. The second-order valence-corrected chi connectivity index (χ2v) is 6.06. The van der Waals surface area contributed by atoms with Crippen molar-refractivity contribution in [1.29, 1.82) is 0 Å². The zero-order valence-electron chi connectivity index (χ0n) is 15.7. The van der Waals surface area contributed by atoms with Crippen LogP contribution in [0.4, 0.5) is 0 Å². The number of guanidine groups is 1. The Morgan fingerprint density at radius 1 is 1.04 bits per heavy atom. The molecule has 3 N–H and O–H groups in total. The van der Waals surface area contributed by atoms with Gasteiger partial charge in [0.1, 0.15) is 0 Å². The fraction of sp³-hybridized carbons (Fsp3) is 0.684. The average Bonchev–Trinajstić information content (AvgIpc) is 2.62. The Kier molecular flexibility index (Phi) is 16.0. The number of halogens is 1. The van der Waals surface area contributed by atoms with Gasteiger partial charge in [-0.15, -0.1) is 24.0 Å². The van der Waals surface area contributed by atoms with E-state index in [1.807, 2.05) is 19.1 Å². The normalized spacial score (nSPS) is 12.4. The molecule has 1 heterocycles. The van der Waals surface area contributed by atoms with Gasteiger partial charge in [0.2, 0.25) is 0 Å². The molecule has 0 radical (unpaired) electrons. The summed E-state index contributed by atoms with van der Waals surface area (Å²) < 4.78 is 0. The van der Waals surface area contributed by atoms with Crippen LogP contribution in [0.2, 0.25) is 0 Å². The van der Waals surface area contributed by atoms with Crippen molar-refractivity contribution >= 4 is 29.9 Å². The maximum absolute atomic E-state index is 10.2. The third-order valence-corrected chi connectivity index (χ3v) is 3.93. The molecular formula is C19H35IN4O. The van der Waals surface area contributed by atoms with Gasteiger partial charge >= 0.3 is 0 Å². The highest BCUT2D eigenvalue weighted by Crippen LogP contribution is 2.11. The number of hydrogen-bond acceptors (Lipinski definition) is 3. The molecule has 0 fully saturated rings. The van der Waals surface area contributed by atoms with Gasteiger partial charge in [0.25, 0.3) is 0 Å². The number of aliphatic imine (C=N–C) groups is 1. The van der Waals surface area contributed by atoms with E-state index in [1.54, 1.807) is 12.4 Å². The van der Waals surface area contributed by atoms with Crippen LogP contribution in [0.25, 0.3) is 0 Å². The Bertz CT molecular complexity index is 442. The van der Waals surface area contributed by atoms with Gasteiger partial charge in [-0.2, -0.15) is 0 Å². The molecule has 1 rings (SSSR count). The van der Waals surface area contributed by atoms with E-state index in [-0.39, 0.29) is 24.0 Å². The minimum atomic E-state index is -0.595. The maximum Gasteiger partial charge on any atom is 0.191 e. The highest BCUT2D eigenvalue weighted by atomic mass is 127. The third-order valence-electron chi connectivity index (χ3n) is 3.93. The van der Waals surface area contributed by atoms with Gasteiger partial charge in [-0.25, -0.2) is 0 Å². The number of hydrogen-bond donors (Lipinski definition) is 3. The van der Waals surface area contributed by atoms with Crippen LogP contribution in [0.5, 0.6) is 0 Å². The predicted molar refractivity (Wildman–Crippen MR) is 117 cm³/mol. The van der Waals surface area contributed by atoms with E-state index in [1.165, 1.54) is 38.5 Å². The molecule has 0 saturated heterocycles. The number of aromatic nitrogens is 1. The van der Waals surface area contributed by atoms with Crippen LogP contribution in [0.15, 0.2) is 29.5 Å². The first-order valence-electron chi connectivity index (χ1n) is 9.38. The number of unbranched alkanes of at least 4 members (excludes halogenated alkanes) is 6. The van der Waals surface area contributed by atoms with Crippen molar-refractivity contribution in [2.75, 3.05) is 19.6 Å². The van der Waals surface area contributed by atoms with Crippen LogP contribution < -0.4 is 10.6 Å². The first-order chi connectivity index (χ1) is 11.8. The maximum atomic E-state index is 10.2. The van der Waals surface area contributed by atoms with Gasteiger partial charge in [-0.1, -0.05) is 45.4 Å². The second kappa shape index (κ2) is 16.6. The molecule has 1 aromatic rings. The van der Waals surface area contributed by atoms with Gasteiger partial charge in [-0.3, -0.25) is 9.98 Å². The molecule has 0 aliphatic heterocycles. The molecule has 1 aromatic heterocycles. The summed E-state index contributed by atoms with van der Waals surface area (Å²) >= 11 is 0. The molecule has 1 atom stereocenters. The average molecular weight is 462 g/mol. The lowest BCUT2D eigenvalue weighted by Crippen LogP contribution is -2.38. The van der Waals surface area contributed by atoms with Crippen molar-refractivity contribution in [1.82, 2.24) is 15.6 Å². The summed E-state index contributed by atoms with van der Waals surface area (Å²) in [6, 6.07) is 3.64. The Labute approximate surface area is 170 Å². The lowest BCUT2D eigenvalue weighted by molar-refractivity contribution is 0.187. The largest absolute Gasteiger partial charge is 0.386 e. The molecule has 6 heteroatoms. The van der Waals surface area contributed by atoms with E-state index in [0.717, 1.165) is 31.0 Å². The molecular weight excluding hydrogens is 427 g/mol. The van der Waals surface area contributed by atoms with Gasteiger partial charge in [-0.05, 0) is 31.0 Å². The van der Waals surface area contributed by atoms with Crippen molar-refractivity contribution in [3.05, 3.63) is 30.1 Å². The quantitative estimate of drug-likeness (QED) is 0.190. The molecule has 25 heavy (non-hydrogen) atoms. The molecule has 0 amide bonds. The first kappa shape index (κ1) is 24.1.